The molecule has 0 aliphatic heterocycles. The minimum absolute atomic E-state index is 0.0244. The van der Waals surface area contributed by atoms with Crippen molar-refractivity contribution in [3.63, 3.8) is 0 Å². The van der Waals surface area contributed by atoms with Gasteiger partial charge in [-0.25, -0.2) is 0 Å². The maximum atomic E-state index is 12.2. The van der Waals surface area contributed by atoms with E-state index in [4.69, 9.17) is 4.74 Å². The third-order valence-electron chi connectivity index (χ3n) is 5.15. The molecule has 0 aromatic rings. The summed E-state index contributed by atoms with van der Waals surface area (Å²) in [6, 6.07) is 0. The Morgan fingerprint density at radius 2 is 1.88 bits per heavy atom. The first-order valence-corrected chi connectivity index (χ1v) is 6.39. The third-order valence-corrected chi connectivity index (χ3v) is 5.15. The fraction of sp³-hybridized carbons (Fsp3) is 0.923. The molecule has 4 aliphatic rings. The van der Waals surface area contributed by atoms with E-state index in [1.54, 1.807) is 7.05 Å². The molecule has 1 amide bonds. The van der Waals surface area contributed by atoms with Crippen molar-refractivity contribution in [2.24, 2.45) is 17.3 Å². The van der Waals surface area contributed by atoms with Crippen LogP contribution in [-0.2, 0) is 9.53 Å². The predicted octanol–water partition coefficient (Wildman–Crippen LogP) is 1.72. The quantitative estimate of drug-likeness (QED) is 0.774. The number of carbonyl (C=O) groups excluding carboxylic acids is 1. The largest absolute Gasteiger partial charge is 0.378 e. The van der Waals surface area contributed by atoms with Crippen molar-refractivity contribution in [3.8, 4) is 0 Å². The topological polar surface area (TPSA) is 38.3 Å². The second-order valence-electron chi connectivity index (χ2n) is 6.21. The number of hydrogen-bond acceptors (Lipinski definition) is 2. The van der Waals surface area contributed by atoms with Gasteiger partial charge >= 0.3 is 0 Å². The maximum Gasteiger partial charge on any atom is 0.226 e. The van der Waals surface area contributed by atoms with E-state index in [-0.39, 0.29) is 16.9 Å². The normalized spacial score (nSPS) is 49.4. The van der Waals surface area contributed by atoms with Gasteiger partial charge in [-0.15, -0.1) is 0 Å². The van der Waals surface area contributed by atoms with Crippen LogP contribution in [0.25, 0.3) is 0 Å². The Balaban J connectivity index is 1.95. The van der Waals surface area contributed by atoms with Gasteiger partial charge in [0.05, 0.1) is 11.0 Å². The molecule has 4 rings (SSSR count). The number of methoxy groups -OCH3 is 1. The SMILES string of the molecule is CNC(=O)C12CC3CC(CC(OC)(C3)C1)C2. The van der Waals surface area contributed by atoms with Crippen molar-refractivity contribution in [3.05, 3.63) is 0 Å². The fourth-order valence-corrected chi connectivity index (χ4v) is 4.95. The molecule has 3 nitrogen and oxygen atoms in total. The number of rotatable bonds is 2. The average molecular weight is 223 g/mol. The zero-order valence-electron chi connectivity index (χ0n) is 10.2. The molecule has 0 radical (unpaired) electrons. The minimum Gasteiger partial charge on any atom is -0.378 e. The Morgan fingerprint density at radius 1 is 1.25 bits per heavy atom. The lowest BCUT2D eigenvalue weighted by molar-refractivity contribution is -0.187. The van der Waals surface area contributed by atoms with E-state index in [1.807, 2.05) is 7.11 Å². The van der Waals surface area contributed by atoms with Crippen LogP contribution in [0.3, 0.4) is 0 Å². The van der Waals surface area contributed by atoms with Gasteiger partial charge in [-0.05, 0) is 50.4 Å². The van der Waals surface area contributed by atoms with Crippen LogP contribution in [0.2, 0.25) is 0 Å². The van der Waals surface area contributed by atoms with Crippen LogP contribution in [0.5, 0.6) is 0 Å². The van der Waals surface area contributed by atoms with Crippen molar-refractivity contribution in [1.29, 1.82) is 0 Å². The van der Waals surface area contributed by atoms with Crippen LogP contribution >= 0.6 is 0 Å². The number of nitrogens with one attached hydrogen (secondary N) is 1. The molecule has 16 heavy (non-hydrogen) atoms. The summed E-state index contributed by atoms with van der Waals surface area (Å²) >= 11 is 0. The smallest absolute Gasteiger partial charge is 0.226 e. The first-order valence-electron chi connectivity index (χ1n) is 6.39. The molecule has 0 aromatic carbocycles. The molecule has 3 heteroatoms. The third kappa shape index (κ3) is 1.27. The molecule has 2 atom stereocenters. The van der Waals surface area contributed by atoms with Crippen molar-refractivity contribution in [2.45, 2.75) is 44.1 Å². The Hall–Kier alpha value is -0.570. The van der Waals surface area contributed by atoms with Crippen molar-refractivity contribution in [2.75, 3.05) is 14.2 Å². The Labute approximate surface area is 96.9 Å². The lowest BCUT2D eigenvalue weighted by atomic mass is 9.47. The predicted molar refractivity (Wildman–Crippen MR) is 60.9 cm³/mol. The van der Waals surface area contributed by atoms with E-state index in [9.17, 15) is 4.79 Å². The van der Waals surface area contributed by atoms with Gasteiger partial charge in [0.2, 0.25) is 5.91 Å². The van der Waals surface area contributed by atoms with Crippen LogP contribution in [0.4, 0.5) is 0 Å². The van der Waals surface area contributed by atoms with Gasteiger partial charge in [-0.1, -0.05) is 0 Å². The van der Waals surface area contributed by atoms with Crippen LogP contribution in [-0.4, -0.2) is 25.7 Å². The highest BCUT2D eigenvalue weighted by Gasteiger charge is 2.60. The highest BCUT2D eigenvalue weighted by molar-refractivity contribution is 5.83. The van der Waals surface area contributed by atoms with Crippen LogP contribution in [0, 0.1) is 17.3 Å². The molecular weight excluding hydrogens is 202 g/mol. The molecular formula is C13H21NO2. The summed E-state index contributed by atoms with van der Waals surface area (Å²) in [4.78, 5) is 12.2. The second-order valence-corrected chi connectivity index (χ2v) is 6.21. The van der Waals surface area contributed by atoms with E-state index >= 15 is 0 Å². The highest BCUT2D eigenvalue weighted by Crippen LogP contribution is 2.62. The minimum atomic E-state index is -0.102. The summed E-state index contributed by atoms with van der Waals surface area (Å²) in [5, 5.41) is 2.87. The van der Waals surface area contributed by atoms with Crippen LogP contribution in [0.1, 0.15) is 38.5 Å². The van der Waals surface area contributed by atoms with Gasteiger partial charge in [0.15, 0.2) is 0 Å². The molecule has 90 valence electrons. The summed E-state index contributed by atoms with van der Waals surface area (Å²) < 4.78 is 5.79. The molecule has 1 N–H and O–H groups in total. The number of carbonyl (C=O) groups is 1. The monoisotopic (exact) mass is 223 g/mol. The lowest BCUT2D eigenvalue weighted by Crippen LogP contribution is -2.60. The zero-order chi connectivity index (χ0) is 11.4. The number of amides is 1. The summed E-state index contributed by atoms with van der Waals surface area (Å²) in [6.07, 6.45) is 6.81. The molecule has 2 unspecified atom stereocenters. The first-order chi connectivity index (χ1) is 7.61. The molecule has 4 saturated carbocycles. The van der Waals surface area contributed by atoms with Crippen LogP contribution in [0.15, 0.2) is 0 Å². The van der Waals surface area contributed by atoms with Crippen molar-refractivity contribution < 1.29 is 9.53 Å². The Kier molecular flexibility index (Phi) is 2.13. The van der Waals surface area contributed by atoms with E-state index in [2.05, 4.69) is 5.32 Å². The standard InChI is InChI=1S/C13H21NO2/c1-14-11(15)12-4-9-3-10(5-12)7-13(6-9,8-12)16-2/h9-10H,3-8H2,1-2H3,(H,14,15). The van der Waals surface area contributed by atoms with Crippen molar-refractivity contribution >= 4 is 5.91 Å². The molecule has 0 aromatic heterocycles. The summed E-state index contributed by atoms with van der Waals surface area (Å²) in [5.74, 6) is 1.69. The molecule has 0 saturated heterocycles. The average Bonchev–Trinajstić information content (AvgIpc) is 2.26. The second kappa shape index (κ2) is 3.22. The van der Waals surface area contributed by atoms with Gasteiger partial charge in [-0.2, -0.15) is 0 Å². The van der Waals surface area contributed by atoms with Gasteiger partial charge in [0.25, 0.3) is 0 Å². The summed E-state index contributed by atoms with van der Waals surface area (Å²) in [7, 11) is 3.59. The number of ether oxygens (including phenoxy) is 1. The maximum absolute atomic E-state index is 12.2. The molecule has 4 bridgehead atoms. The van der Waals surface area contributed by atoms with Gasteiger partial charge in [0, 0.05) is 14.2 Å². The summed E-state index contributed by atoms with van der Waals surface area (Å²) in [5.41, 5.74) is -0.0779. The Morgan fingerprint density at radius 3 is 2.38 bits per heavy atom. The highest BCUT2D eigenvalue weighted by atomic mass is 16.5. The van der Waals surface area contributed by atoms with E-state index in [0.29, 0.717) is 0 Å². The summed E-state index contributed by atoms with van der Waals surface area (Å²) in [6.45, 7) is 0. The molecule has 0 spiro atoms. The van der Waals surface area contributed by atoms with Gasteiger partial charge < -0.3 is 10.1 Å². The first kappa shape index (κ1) is 10.6. The number of hydrogen-bond donors (Lipinski definition) is 1. The molecule has 4 fully saturated rings. The van der Waals surface area contributed by atoms with E-state index < -0.39 is 0 Å². The molecule has 0 heterocycles. The van der Waals surface area contributed by atoms with Crippen LogP contribution < -0.4 is 5.32 Å². The van der Waals surface area contributed by atoms with E-state index in [0.717, 1.165) is 31.1 Å². The Bertz CT molecular complexity index is 312. The lowest BCUT2D eigenvalue weighted by Gasteiger charge is -2.60. The van der Waals surface area contributed by atoms with Gasteiger partial charge in [-0.3, -0.25) is 4.79 Å². The van der Waals surface area contributed by atoms with E-state index in [1.165, 1.54) is 19.3 Å². The van der Waals surface area contributed by atoms with Crippen molar-refractivity contribution in [1.82, 2.24) is 5.32 Å². The molecule has 4 aliphatic carbocycles. The van der Waals surface area contributed by atoms with Gasteiger partial charge in [0.1, 0.15) is 0 Å². The fourth-order valence-electron chi connectivity index (χ4n) is 4.95. The zero-order valence-corrected chi connectivity index (χ0v) is 10.2.